The number of ether oxygens (including phenoxy) is 2. The Balaban J connectivity index is 0.806. The van der Waals surface area contributed by atoms with Gasteiger partial charge in [0.1, 0.15) is 23.7 Å². The number of nitrogens with zero attached hydrogens (tertiary/aromatic N) is 4. The van der Waals surface area contributed by atoms with Crippen LogP contribution in [0.2, 0.25) is 0 Å². The first-order valence-corrected chi connectivity index (χ1v) is 26.5. The lowest BCUT2D eigenvalue weighted by atomic mass is 9.85. The summed E-state index contributed by atoms with van der Waals surface area (Å²) in [7, 11) is 3.25. The zero-order valence-corrected chi connectivity index (χ0v) is 44.0. The first-order chi connectivity index (χ1) is 34.1. The Morgan fingerprint density at radius 3 is 2.31 bits per heavy atom. The van der Waals surface area contributed by atoms with Crippen molar-refractivity contribution in [1.29, 1.82) is 0 Å². The fourth-order valence-corrected chi connectivity index (χ4v) is 10.8. The number of benzene rings is 3. The lowest BCUT2D eigenvalue weighted by Gasteiger charge is -2.35. The van der Waals surface area contributed by atoms with E-state index in [1.54, 1.807) is 36.9 Å². The Labute approximate surface area is 426 Å². The van der Waals surface area contributed by atoms with E-state index < -0.39 is 23.6 Å². The molecule has 0 bridgehead atoms. The van der Waals surface area contributed by atoms with Crippen molar-refractivity contribution in [3.8, 4) is 33.1 Å². The molecule has 0 spiro atoms. The summed E-state index contributed by atoms with van der Waals surface area (Å²) < 4.78 is 11.1. The van der Waals surface area contributed by atoms with E-state index in [-0.39, 0.29) is 43.3 Å². The van der Waals surface area contributed by atoms with Crippen molar-refractivity contribution in [1.82, 2.24) is 35.8 Å². The number of fused-ring (bicyclic) bond motifs is 1. The van der Waals surface area contributed by atoms with Crippen LogP contribution >= 0.6 is 22.7 Å². The van der Waals surface area contributed by atoms with Gasteiger partial charge in [0.15, 0.2) is 11.5 Å². The number of unbranched alkanes of at least 4 members (excludes halogenated alkanes) is 5. The van der Waals surface area contributed by atoms with Gasteiger partial charge in [-0.15, -0.1) is 22.7 Å². The Kier molecular flexibility index (Phi) is 18.2. The molecule has 378 valence electrons. The number of rotatable bonds is 23. The van der Waals surface area contributed by atoms with E-state index in [0.29, 0.717) is 23.7 Å². The van der Waals surface area contributed by atoms with Crippen molar-refractivity contribution in [3.63, 3.8) is 0 Å². The molecule has 4 atom stereocenters. The Bertz CT molecular complexity index is 2750. The third-order valence-electron chi connectivity index (χ3n) is 13.1. The second-order valence-corrected chi connectivity index (χ2v) is 21.4. The molecule has 0 radical (unpaired) electrons. The first-order valence-electron chi connectivity index (χ1n) is 24.7. The van der Waals surface area contributed by atoms with Gasteiger partial charge in [0, 0.05) is 48.8 Å². The maximum Gasteiger partial charge on any atom is 0.246 e. The fourth-order valence-electron chi connectivity index (χ4n) is 9.11. The molecule has 5 N–H and O–H groups in total. The monoisotopic (exact) mass is 1000 g/mol. The number of nitrogens with one attached hydrogen (secondary N) is 4. The molecule has 3 amide bonds. The number of thiazole rings is 1. The highest BCUT2D eigenvalue weighted by Gasteiger charge is 2.44. The highest BCUT2D eigenvalue weighted by molar-refractivity contribution is 7.13. The minimum atomic E-state index is -0.842. The zero-order valence-electron chi connectivity index (χ0n) is 42.4. The molecule has 16 heteroatoms. The van der Waals surface area contributed by atoms with Crippen LogP contribution < -0.4 is 30.7 Å². The van der Waals surface area contributed by atoms with E-state index in [1.165, 1.54) is 26.5 Å². The van der Waals surface area contributed by atoms with E-state index in [4.69, 9.17) is 14.5 Å². The van der Waals surface area contributed by atoms with Crippen LogP contribution in [0, 0.1) is 19.3 Å². The summed E-state index contributed by atoms with van der Waals surface area (Å²) in [6, 6.07) is 20.9. The molecule has 0 aliphatic carbocycles. The molecule has 1 saturated heterocycles. The number of aliphatic hydroxyl groups excluding tert-OH is 1. The predicted molar refractivity (Wildman–Crippen MR) is 285 cm³/mol. The second-order valence-electron chi connectivity index (χ2n) is 19.6. The smallest absolute Gasteiger partial charge is 0.246 e. The number of methoxy groups -OCH3 is 2. The quantitative estimate of drug-likeness (QED) is 0.0386. The summed E-state index contributed by atoms with van der Waals surface area (Å²) in [6.07, 6.45) is 5.55. The highest BCUT2D eigenvalue weighted by Crippen LogP contribution is 2.37. The Morgan fingerprint density at radius 2 is 1.59 bits per heavy atom. The molecule has 71 heavy (non-hydrogen) atoms. The van der Waals surface area contributed by atoms with E-state index in [0.717, 1.165) is 90.0 Å². The molecule has 14 nitrogen and oxygen atoms in total. The average Bonchev–Trinajstić information content (AvgIpc) is 4.12. The fraction of sp³-hybridized carbons (Fsp3) is 0.455. The maximum atomic E-state index is 14.1. The number of hydrogen-bond donors (Lipinski definition) is 5. The molecule has 6 aromatic rings. The molecule has 3 aromatic carbocycles. The number of aliphatic hydroxyl groups is 1. The van der Waals surface area contributed by atoms with Gasteiger partial charge in [0.25, 0.3) is 0 Å². The van der Waals surface area contributed by atoms with Crippen LogP contribution in [0.5, 0.6) is 11.5 Å². The summed E-state index contributed by atoms with van der Waals surface area (Å²) in [4.78, 5) is 58.3. The molecule has 1 aliphatic rings. The van der Waals surface area contributed by atoms with Crippen LogP contribution in [0.1, 0.15) is 113 Å². The SMILES string of the molecule is COc1cc2nc(C)nc(N[C@H](C)c3cc(-c4ccccc4CNCCCCCCCCC(=O)N[C@H](C(=O)N4C[C@H](O)C[C@H]4C(=O)NCc4ccc(-c5scnc5C)cc4)C(C)(C)C)cs3)c2cc1OC. The van der Waals surface area contributed by atoms with Crippen molar-refractivity contribution in [2.24, 2.45) is 5.41 Å². The number of thiophene rings is 1. The van der Waals surface area contributed by atoms with Crippen LogP contribution in [0.4, 0.5) is 5.82 Å². The van der Waals surface area contributed by atoms with Gasteiger partial charge in [0.05, 0.1) is 48.0 Å². The predicted octanol–water partition coefficient (Wildman–Crippen LogP) is 9.92. The molecular weight excluding hydrogens is 933 g/mol. The van der Waals surface area contributed by atoms with Crippen molar-refractivity contribution >= 4 is 57.1 Å². The van der Waals surface area contributed by atoms with E-state index in [2.05, 4.69) is 73.9 Å². The third kappa shape index (κ3) is 13.7. The normalized spacial score (nSPS) is 15.6. The van der Waals surface area contributed by atoms with Gasteiger partial charge in [-0.2, -0.15) is 0 Å². The number of aromatic nitrogens is 3. The van der Waals surface area contributed by atoms with E-state index in [9.17, 15) is 19.5 Å². The summed E-state index contributed by atoms with van der Waals surface area (Å²) in [5.74, 6) is 1.82. The molecule has 3 aromatic heterocycles. The number of hydrogen-bond acceptors (Lipinski definition) is 13. The topological polar surface area (TPSA) is 180 Å². The second kappa shape index (κ2) is 24.5. The summed E-state index contributed by atoms with van der Waals surface area (Å²) in [5.41, 5.74) is 8.64. The highest BCUT2D eigenvalue weighted by atomic mass is 32.1. The van der Waals surface area contributed by atoms with Crippen LogP contribution in [0.15, 0.2) is 77.6 Å². The number of carbonyl (C=O) groups excluding carboxylic acids is 3. The number of amides is 3. The van der Waals surface area contributed by atoms with Gasteiger partial charge in [-0.25, -0.2) is 15.0 Å². The van der Waals surface area contributed by atoms with Crippen LogP contribution in [-0.2, 0) is 27.5 Å². The lowest BCUT2D eigenvalue weighted by molar-refractivity contribution is -0.144. The van der Waals surface area contributed by atoms with Crippen LogP contribution in [-0.4, -0.2) is 88.2 Å². The molecular formula is C55H70N8O6S2. The standard InChI is InChI=1S/C55H70N8O6S2/c1-34(59-52-43-27-46(68-7)47(69-8)28-44(43)60-36(3)61-52)48-25-40(32-70-48)42-18-15-14-17-39(42)30-56-24-16-12-10-9-11-13-19-49(65)62-51(55(4,5)6)54(67)63-31-41(64)26-45(63)53(66)57-29-37-20-22-38(23-21-37)50-35(2)58-33-71-50/h14-15,17-18,20-23,25,27-28,32-34,41,45,51,56,64H,9-13,16,19,24,26,29-31H2,1-8H3,(H,57,66)(H,62,65)(H,59,60,61)/t34-,41-,45+,51-/m1/s1. The first kappa shape index (κ1) is 52.9. The Hall–Kier alpha value is -5.94. The summed E-state index contributed by atoms with van der Waals surface area (Å²) in [6.45, 7) is 13.8. The lowest BCUT2D eigenvalue weighted by Crippen LogP contribution is -2.57. The van der Waals surface area contributed by atoms with E-state index in [1.807, 2.05) is 76.5 Å². The zero-order chi connectivity index (χ0) is 50.7. The molecule has 0 unspecified atom stereocenters. The van der Waals surface area contributed by atoms with Gasteiger partial charge < -0.3 is 40.7 Å². The van der Waals surface area contributed by atoms with Gasteiger partial charge >= 0.3 is 0 Å². The molecule has 1 aliphatic heterocycles. The third-order valence-corrected chi connectivity index (χ3v) is 15.2. The van der Waals surface area contributed by atoms with E-state index >= 15 is 0 Å². The minimum absolute atomic E-state index is 0.00632. The van der Waals surface area contributed by atoms with Gasteiger partial charge in [-0.3, -0.25) is 14.4 Å². The Morgan fingerprint density at radius 1 is 0.873 bits per heavy atom. The van der Waals surface area contributed by atoms with Crippen molar-refractivity contribution in [3.05, 3.63) is 105 Å². The number of anilines is 1. The van der Waals surface area contributed by atoms with Crippen molar-refractivity contribution < 1.29 is 29.0 Å². The number of β-amino-alcohol motifs (C(OH)–C–C–N with tert-alkyl or cyclic N) is 1. The van der Waals surface area contributed by atoms with Gasteiger partial charge in [-0.1, -0.05) is 95.0 Å². The number of carbonyl (C=O) groups is 3. The average molecular weight is 1000 g/mol. The molecule has 7 rings (SSSR count). The molecule has 0 saturated carbocycles. The summed E-state index contributed by atoms with van der Waals surface area (Å²) >= 11 is 3.32. The minimum Gasteiger partial charge on any atom is -0.493 e. The molecule has 1 fully saturated rings. The number of aryl methyl sites for hydroxylation is 2. The van der Waals surface area contributed by atoms with Gasteiger partial charge in [0.2, 0.25) is 17.7 Å². The van der Waals surface area contributed by atoms with Crippen LogP contribution in [0.3, 0.4) is 0 Å². The van der Waals surface area contributed by atoms with Crippen molar-refractivity contribution in [2.75, 3.05) is 32.6 Å². The maximum absolute atomic E-state index is 14.1. The van der Waals surface area contributed by atoms with Crippen molar-refractivity contribution in [2.45, 2.75) is 130 Å². The molecule has 4 heterocycles. The van der Waals surface area contributed by atoms with Crippen LogP contribution in [0.25, 0.3) is 32.5 Å². The van der Waals surface area contributed by atoms with Gasteiger partial charge in [-0.05, 0) is 90.9 Å². The summed E-state index contributed by atoms with van der Waals surface area (Å²) in [5, 5.41) is 27.0. The largest absolute Gasteiger partial charge is 0.493 e. The number of likely N-dealkylation sites (tertiary alicyclic amines) is 1.